The molecule has 3 aromatic rings. The first-order valence-corrected chi connectivity index (χ1v) is 11.9. The molecule has 34 heavy (non-hydrogen) atoms. The molecule has 1 atom stereocenters. The Kier molecular flexibility index (Phi) is 6.55. The van der Waals surface area contributed by atoms with Gasteiger partial charge in [-0.25, -0.2) is 9.67 Å². The maximum absolute atomic E-state index is 13.2. The normalized spacial score (nSPS) is 18.7. The number of fused-ring (bicyclic) bond motifs is 1. The van der Waals surface area contributed by atoms with Crippen LogP contribution in [-0.4, -0.2) is 58.6 Å². The Morgan fingerprint density at radius 1 is 1.12 bits per heavy atom. The van der Waals surface area contributed by atoms with Crippen molar-refractivity contribution in [3.8, 4) is 5.75 Å². The predicted octanol–water partition coefficient (Wildman–Crippen LogP) is 3.18. The third-order valence-electron chi connectivity index (χ3n) is 6.21. The summed E-state index contributed by atoms with van der Waals surface area (Å²) in [6.45, 7) is 1.60. The van der Waals surface area contributed by atoms with Crippen molar-refractivity contribution in [3.63, 3.8) is 0 Å². The number of ether oxygens (including phenoxy) is 2. The van der Waals surface area contributed by atoms with E-state index in [1.54, 1.807) is 0 Å². The predicted molar refractivity (Wildman–Crippen MR) is 133 cm³/mol. The van der Waals surface area contributed by atoms with Gasteiger partial charge in [0, 0.05) is 26.7 Å². The summed E-state index contributed by atoms with van der Waals surface area (Å²) in [7, 11) is 1.88. The zero-order valence-electron chi connectivity index (χ0n) is 19.0. The number of amides is 1. The van der Waals surface area contributed by atoms with E-state index in [2.05, 4.69) is 27.5 Å². The van der Waals surface area contributed by atoms with Crippen molar-refractivity contribution < 1.29 is 14.3 Å². The highest BCUT2D eigenvalue weighted by molar-refractivity contribution is 7.80. The molecule has 1 aromatic heterocycles. The summed E-state index contributed by atoms with van der Waals surface area (Å²) < 4.78 is 13.4. The summed E-state index contributed by atoms with van der Waals surface area (Å²) in [5.41, 5.74) is 1.99. The maximum atomic E-state index is 13.2. The van der Waals surface area contributed by atoms with Crippen molar-refractivity contribution in [2.45, 2.75) is 31.3 Å². The fourth-order valence-corrected chi connectivity index (χ4v) is 4.58. The highest BCUT2D eigenvalue weighted by Crippen LogP contribution is 2.30. The number of thiocarbonyl (C=S) groups is 1. The molecule has 1 fully saturated rings. The monoisotopic (exact) mass is 477 g/mol. The summed E-state index contributed by atoms with van der Waals surface area (Å²) in [6, 6.07) is 17.5. The first-order chi connectivity index (χ1) is 16.6. The Hall–Kier alpha value is -3.30. The van der Waals surface area contributed by atoms with Gasteiger partial charge in [0.05, 0.1) is 11.7 Å². The van der Waals surface area contributed by atoms with Crippen LogP contribution in [0, 0.1) is 0 Å². The van der Waals surface area contributed by atoms with Gasteiger partial charge >= 0.3 is 0 Å². The molecule has 1 saturated heterocycles. The van der Waals surface area contributed by atoms with Gasteiger partial charge in [0.15, 0.2) is 0 Å². The largest absolute Gasteiger partial charge is 0.489 e. The van der Waals surface area contributed by atoms with Gasteiger partial charge in [-0.05, 0) is 30.5 Å². The highest BCUT2D eigenvalue weighted by Gasteiger charge is 2.30. The van der Waals surface area contributed by atoms with Crippen LogP contribution in [0.2, 0.25) is 0 Å². The van der Waals surface area contributed by atoms with E-state index in [4.69, 9.17) is 21.7 Å². The van der Waals surface area contributed by atoms with Crippen molar-refractivity contribution in [1.82, 2.24) is 20.1 Å². The summed E-state index contributed by atoms with van der Waals surface area (Å²) in [5, 5.41) is 7.63. The SMILES string of the molecule is CN1C(=S)[C@@H](NC(=O)c2nc(Cc3ccccc3)n(C3CCOCC3)n2)COc2ccccc21. The third-order valence-corrected chi connectivity index (χ3v) is 6.77. The number of hydrogen-bond donors (Lipinski definition) is 1. The zero-order valence-corrected chi connectivity index (χ0v) is 19.8. The summed E-state index contributed by atoms with van der Waals surface area (Å²) in [6.07, 6.45) is 2.28. The fraction of sp³-hybridized carbons (Fsp3) is 0.360. The van der Waals surface area contributed by atoms with Crippen LogP contribution in [0.4, 0.5) is 5.69 Å². The molecule has 3 heterocycles. The smallest absolute Gasteiger partial charge is 0.291 e. The third kappa shape index (κ3) is 4.67. The average Bonchev–Trinajstić information content (AvgIpc) is 3.26. The lowest BCUT2D eigenvalue weighted by molar-refractivity contribution is 0.0652. The molecule has 8 nitrogen and oxygen atoms in total. The number of benzene rings is 2. The van der Waals surface area contributed by atoms with Gasteiger partial charge in [0.2, 0.25) is 5.82 Å². The number of nitrogens with one attached hydrogen (secondary N) is 1. The maximum Gasteiger partial charge on any atom is 0.291 e. The number of rotatable bonds is 5. The Morgan fingerprint density at radius 3 is 2.65 bits per heavy atom. The lowest BCUT2D eigenvalue weighted by Gasteiger charge is -2.23. The second-order valence-corrected chi connectivity index (χ2v) is 8.92. The lowest BCUT2D eigenvalue weighted by atomic mass is 10.1. The van der Waals surface area contributed by atoms with Crippen LogP contribution in [0.25, 0.3) is 0 Å². The van der Waals surface area contributed by atoms with Crippen molar-refractivity contribution >= 4 is 28.8 Å². The topological polar surface area (TPSA) is 81.5 Å². The minimum absolute atomic E-state index is 0.143. The first-order valence-electron chi connectivity index (χ1n) is 11.5. The molecule has 1 N–H and O–H groups in total. The van der Waals surface area contributed by atoms with Crippen LogP contribution in [0.3, 0.4) is 0 Å². The first kappa shape index (κ1) is 22.5. The van der Waals surface area contributed by atoms with E-state index in [9.17, 15) is 4.79 Å². The van der Waals surface area contributed by atoms with E-state index in [0.717, 1.165) is 35.7 Å². The van der Waals surface area contributed by atoms with Gasteiger partial charge < -0.3 is 19.7 Å². The number of nitrogens with zero attached hydrogens (tertiary/aromatic N) is 4. The van der Waals surface area contributed by atoms with Crippen LogP contribution in [0.15, 0.2) is 54.6 Å². The molecule has 2 aliphatic heterocycles. The zero-order chi connectivity index (χ0) is 23.5. The molecule has 1 amide bonds. The molecule has 5 rings (SSSR count). The van der Waals surface area contributed by atoms with Crippen LogP contribution >= 0.6 is 12.2 Å². The van der Waals surface area contributed by atoms with Crippen molar-refractivity contribution in [2.24, 2.45) is 0 Å². The van der Waals surface area contributed by atoms with Gasteiger partial charge in [-0.2, -0.15) is 0 Å². The summed E-state index contributed by atoms with van der Waals surface area (Å²) in [4.78, 5) is 20.3. The van der Waals surface area contributed by atoms with E-state index in [1.807, 2.05) is 59.1 Å². The molecule has 0 spiro atoms. The van der Waals surface area contributed by atoms with Crippen LogP contribution in [-0.2, 0) is 11.2 Å². The Balaban J connectivity index is 1.37. The van der Waals surface area contributed by atoms with Crippen LogP contribution < -0.4 is 15.0 Å². The number of para-hydroxylation sites is 2. The lowest BCUT2D eigenvalue weighted by Crippen LogP contribution is -2.48. The number of hydrogen-bond acceptors (Lipinski definition) is 6. The molecule has 0 saturated carbocycles. The molecule has 0 unspecified atom stereocenters. The molecular weight excluding hydrogens is 450 g/mol. The standard InChI is InChI=1S/C25H27N5O3S/c1-29-20-9-5-6-10-21(20)33-16-19(25(29)34)26-24(31)23-27-22(15-17-7-3-2-4-8-17)30(28-23)18-11-13-32-14-12-18/h2-10,18-19H,11-16H2,1H3,(H,26,31)/t19-/m0/s1. The molecular formula is C25H27N5O3S. The fourth-order valence-electron chi connectivity index (χ4n) is 4.35. The van der Waals surface area contributed by atoms with Gasteiger partial charge in [-0.3, -0.25) is 4.79 Å². The highest BCUT2D eigenvalue weighted by atomic mass is 32.1. The number of carbonyl (C=O) groups excluding carboxylic acids is 1. The minimum atomic E-state index is -0.479. The van der Waals surface area contributed by atoms with Gasteiger partial charge in [0.25, 0.3) is 5.91 Å². The summed E-state index contributed by atoms with van der Waals surface area (Å²) in [5.74, 6) is 1.28. The molecule has 0 aliphatic carbocycles. The summed E-state index contributed by atoms with van der Waals surface area (Å²) >= 11 is 5.67. The molecule has 2 aliphatic rings. The van der Waals surface area contributed by atoms with Crippen LogP contribution in [0.1, 0.15) is 40.9 Å². The van der Waals surface area contributed by atoms with Gasteiger partial charge in [0.1, 0.15) is 29.2 Å². The Morgan fingerprint density at radius 2 is 1.85 bits per heavy atom. The Labute approximate surface area is 203 Å². The molecule has 9 heteroatoms. The van der Waals surface area contributed by atoms with E-state index in [0.29, 0.717) is 24.6 Å². The van der Waals surface area contributed by atoms with E-state index >= 15 is 0 Å². The van der Waals surface area contributed by atoms with Gasteiger partial charge in [-0.1, -0.05) is 54.7 Å². The van der Waals surface area contributed by atoms with Crippen molar-refractivity contribution in [1.29, 1.82) is 0 Å². The number of aromatic nitrogens is 3. The number of likely N-dealkylation sites (N-methyl/N-ethyl adjacent to an activating group) is 1. The molecule has 2 aromatic carbocycles. The molecule has 0 radical (unpaired) electrons. The minimum Gasteiger partial charge on any atom is -0.489 e. The second kappa shape index (κ2) is 9.90. The van der Waals surface area contributed by atoms with Crippen molar-refractivity contribution in [3.05, 3.63) is 71.8 Å². The average molecular weight is 478 g/mol. The van der Waals surface area contributed by atoms with Crippen LogP contribution in [0.5, 0.6) is 5.75 Å². The van der Waals surface area contributed by atoms with E-state index in [-0.39, 0.29) is 24.4 Å². The quantitative estimate of drug-likeness (QED) is 0.565. The number of anilines is 1. The van der Waals surface area contributed by atoms with E-state index in [1.165, 1.54) is 0 Å². The molecule has 176 valence electrons. The van der Waals surface area contributed by atoms with Gasteiger partial charge in [-0.15, -0.1) is 5.10 Å². The number of carbonyl (C=O) groups is 1. The van der Waals surface area contributed by atoms with Crippen molar-refractivity contribution in [2.75, 3.05) is 31.8 Å². The molecule has 0 bridgehead atoms. The van der Waals surface area contributed by atoms with E-state index < -0.39 is 6.04 Å². The second-order valence-electron chi connectivity index (χ2n) is 8.50. The Bertz CT molecular complexity index is 1180.